The molecule has 1 fully saturated rings. The van der Waals surface area contributed by atoms with E-state index >= 15 is 0 Å². The summed E-state index contributed by atoms with van der Waals surface area (Å²) in [4.78, 5) is 26.1. The number of hydrogen-bond acceptors (Lipinski definition) is 4. The zero-order valence-electron chi connectivity index (χ0n) is 13.0. The molecule has 0 saturated carbocycles. The number of likely N-dealkylation sites (tertiary alicyclic amines) is 1. The standard InChI is InChI=1S/C16H17FN6O/c17-11-4-5-12-13(7-11)21-16(20-12)14-3-1-2-6-23(14)15(24)8-22-10-18-9-19-22/h4-5,7,9-10,14H,1-3,6,8H2,(H,20,21)/t14-/m1/s1. The SMILES string of the molecule is O=C(Cn1cncn1)N1CCCC[C@@H]1c1nc2ccc(F)cc2[nH]1. The van der Waals surface area contributed by atoms with Crippen molar-refractivity contribution in [2.24, 2.45) is 0 Å². The molecule has 1 atom stereocenters. The number of carbonyl (C=O) groups is 1. The highest BCUT2D eigenvalue weighted by molar-refractivity contribution is 5.77. The van der Waals surface area contributed by atoms with Crippen molar-refractivity contribution in [3.63, 3.8) is 0 Å². The van der Waals surface area contributed by atoms with Gasteiger partial charge in [-0.05, 0) is 37.5 Å². The first-order valence-corrected chi connectivity index (χ1v) is 7.98. The third-order valence-electron chi connectivity index (χ3n) is 4.36. The summed E-state index contributed by atoms with van der Waals surface area (Å²) in [6.07, 6.45) is 5.78. The Kier molecular flexibility index (Phi) is 3.72. The number of aromatic nitrogens is 5. The van der Waals surface area contributed by atoms with Crippen LogP contribution >= 0.6 is 0 Å². The van der Waals surface area contributed by atoms with Crippen LogP contribution in [0.3, 0.4) is 0 Å². The molecule has 7 nitrogen and oxygen atoms in total. The van der Waals surface area contributed by atoms with Gasteiger partial charge in [0, 0.05) is 6.54 Å². The van der Waals surface area contributed by atoms with Gasteiger partial charge in [-0.3, -0.25) is 4.79 Å². The van der Waals surface area contributed by atoms with E-state index in [1.54, 1.807) is 6.07 Å². The zero-order chi connectivity index (χ0) is 16.5. The molecule has 1 aliphatic heterocycles. The molecule has 4 rings (SSSR count). The number of hydrogen-bond donors (Lipinski definition) is 1. The van der Waals surface area contributed by atoms with Gasteiger partial charge in [-0.2, -0.15) is 5.10 Å². The van der Waals surface area contributed by atoms with E-state index in [4.69, 9.17) is 0 Å². The second-order valence-electron chi connectivity index (χ2n) is 5.98. The lowest BCUT2D eigenvalue weighted by atomic mass is 10.0. The van der Waals surface area contributed by atoms with Gasteiger partial charge in [-0.1, -0.05) is 0 Å². The molecule has 1 amide bonds. The molecule has 1 saturated heterocycles. The minimum absolute atomic E-state index is 0.0168. The molecule has 24 heavy (non-hydrogen) atoms. The summed E-state index contributed by atoms with van der Waals surface area (Å²) in [7, 11) is 0. The summed E-state index contributed by atoms with van der Waals surface area (Å²) < 4.78 is 14.9. The second-order valence-corrected chi connectivity index (χ2v) is 5.98. The van der Waals surface area contributed by atoms with Crippen molar-refractivity contribution < 1.29 is 9.18 Å². The van der Waals surface area contributed by atoms with Crippen molar-refractivity contribution in [1.82, 2.24) is 29.6 Å². The predicted octanol–water partition coefficient (Wildman–Crippen LogP) is 2.05. The molecule has 1 N–H and O–H groups in total. The molecule has 8 heteroatoms. The van der Waals surface area contributed by atoms with Crippen molar-refractivity contribution in [1.29, 1.82) is 0 Å². The minimum atomic E-state index is -0.305. The first-order chi connectivity index (χ1) is 11.7. The fourth-order valence-electron chi connectivity index (χ4n) is 3.22. The van der Waals surface area contributed by atoms with Gasteiger partial charge in [0.15, 0.2) is 0 Å². The molecule has 1 aliphatic rings. The van der Waals surface area contributed by atoms with Crippen LogP contribution in [0.1, 0.15) is 31.1 Å². The van der Waals surface area contributed by atoms with E-state index in [1.165, 1.54) is 29.5 Å². The maximum absolute atomic E-state index is 13.4. The lowest BCUT2D eigenvalue weighted by molar-refractivity contribution is -0.136. The molecule has 2 aromatic heterocycles. The van der Waals surface area contributed by atoms with Crippen LogP contribution in [0.25, 0.3) is 11.0 Å². The summed E-state index contributed by atoms with van der Waals surface area (Å²) in [6.45, 7) is 0.842. The first kappa shape index (κ1) is 14.8. The number of carbonyl (C=O) groups excluding carboxylic acids is 1. The summed E-state index contributed by atoms with van der Waals surface area (Å²) in [5, 5.41) is 3.99. The van der Waals surface area contributed by atoms with E-state index < -0.39 is 0 Å². The molecule has 0 aliphatic carbocycles. The van der Waals surface area contributed by atoms with Crippen molar-refractivity contribution >= 4 is 16.9 Å². The van der Waals surface area contributed by atoms with Crippen LogP contribution < -0.4 is 0 Å². The number of halogens is 1. The summed E-state index contributed by atoms with van der Waals surface area (Å²) in [5.41, 5.74) is 1.36. The number of fused-ring (bicyclic) bond motifs is 1. The van der Waals surface area contributed by atoms with Gasteiger partial charge >= 0.3 is 0 Å². The Hall–Kier alpha value is -2.77. The van der Waals surface area contributed by atoms with E-state index in [9.17, 15) is 9.18 Å². The largest absolute Gasteiger partial charge is 0.340 e. The van der Waals surface area contributed by atoms with Gasteiger partial charge in [0.05, 0.1) is 17.1 Å². The number of benzene rings is 1. The Labute approximate surface area is 137 Å². The fourth-order valence-corrected chi connectivity index (χ4v) is 3.22. The van der Waals surface area contributed by atoms with Crippen molar-refractivity contribution in [2.75, 3.05) is 6.54 Å². The van der Waals surface area contributed by atoms with Gasteiger partial charge in [0.25, 0.3) is 0 Å². The van der Waals surface area contributed by atoms with Gasteiger partial charge in [0.2, 0.25) is 5.91 Å². The lowest BCUT2D eigenvalue weighted by Crippen LogP contribution is -2.40. The van der Waals surface area contributed by atoms with Gasteiger partial charge in [-0.25, -0.2) is 19.0 Å². The van der Waals surface area contributed by atoms with E-state index in [-0.39, 0.29) is 24.3 Å². The van der Waals surface area contributed by atoms with Gasteiger partial charge in [-0.15, -0.1) is 0 Å². The third kappa shape index (κ3) is 2.75. The Bertz CT molecular complexity index is 859. The number of amides is 1. The Morgan fingerprint density at radius 3 is 3.12 bits per heavy atom. The van der Waals surface area contributed by atoms with E-state index in [0.29, 0.717) is 23.4 Å². The minimum Gasteiger partial charge on any atom is -0.340 e. The number of nitrogens with one attached hydrogen (secondary N) is 1. The van der Waals surface area contributed by atoms with Crippen LogP contribution in [0.2, 0.25) is 0 Å². The molecule has 0 bridgehead atoms. The maximum atomic E-state index is 13.4. The second kappa shape index (κ2) is 6.03. The van der Waals surface area contributed by atoms with Crippen LogP contribution in [0.15, 0.2) is 30.9 Å². The number of rotatable bonds is 3. The topological polar surface area (TPSA) is 79.7 Å². The number of imidazole rings is 1. The van der Waals surface area contributed by atoms with Crippen LogP contribution in [0.5, 0.6) is 0 Å². The highest BCUT2D eigenvalue weighted by Gasteiger charge is 2.30. The molecule has 3 aromatic rings. The van der Waals surface area contributed by atoms with Crippen LogP contribution in [0, 0.1) is 5.82 Å². The molecule has 0 radical (unpaired) electrons. The van der Waals surface area contributed by atoms with E-state index in [0.717, 1.165) is 19.3 Å². The van der Waals surface area contributed by atoms with Gasteiger partial charge in [0.1, 0.15) is 30.8 Å². The monoisotopic (exact) mass is 328 g/mol. The maximum Gasteiger partial charge on any atom is 0.244 e. The number of piperidine rings is 1. The smallest absolute Gasteiger partial charge is 0.244 e. The average Bonchev–Trinajstić information content (AvgIpc) is 3.23. The van der Waals surface area contributed by atoms with Crippen LogP contribution in [-0.4, -0.2) is 42.1 Å². The normalized spacial score (nSPS) is 18.2. The van der Waals surface area contributed by atoms with Crippen LogP contribution in [0.4, 0.5) is 4.39 Å². The third-order valence-corrected chi connectivity index (χ3v) is 4.36. The number of aromatic amines is 1. The van der Waals surface area contributed by atoms with Crippen molar-refractivity contribution in [2.45, 2.75) is 31.8 Å². The van der Waals surface area contributed by atoms with Gasteiger partial charge < -0.3 is 9.88 Å². The highest BCUT2D eigenvalue weighted by Crippen LogP contribution is 2.30. The molecule has 0 unspecified atom stereocenters. The molecule has 124 valence electrons. The first-order valence-electron chi connectivity index (χ1n) is 7.98. The van der Waals surface area contributed by atoms with Crippen LogP contribution in [-0.2, 0) is 11.3 Å². The quantitative estimate of drug-likeness (QED) is 0.798. The zero-order valence-corrected chi connectivity index (χ0v) is 13.0. The molecule has 3 heterocycles. The molecule has 0 spiro atoms. The Morgan fingerprint density at radius 2 is 2.29 bits per heavy atom. The average molecular weight is 328 g/mol. The van der Waals surface area contributed by atoms with E-state index in [2.05, 4.69) is 20.1 Å². The molecule has 1 aromatic carbocycles. The summed E-state index contributed by atoms with van der Waals surface area (Å²) >= 11 is 0. The van der Waals surface area contributed by atoms with Crippen molar-refractivity contribution in [3.8, 4) is 0 Å². The predicted molar refractivity (Wildman–Crippen MR) is 84.4 cm³/mol. The number of nitrogens with zero attached hydrogens (tertiary/aromatic N) is 5. The Balaban J connectivity index is 1.61. The van der Waals surface area contributed by atoms with E-state index in [1.807, 2.05) is 4.90 Å². The summed E-state index contributed by atoms with van der Waals surface area (Å²) in [5.74, 6) is 0.388. The fraction of sp³-hybridized carbons (Fsp3) is 0.375. The van der Waals surface area contributed by atoms with Crippen molar-refractivity contribution in [3.05, 3.63) is 42.5 Å². The summed E-state index contributed by atoms with van der Waals surface area (Å²) in [6, 6.07) is 4.34. The molecular weight excluding hydrogens is 311 g/mol. The lowest BCUT2D eigenvalue weighted by Gasteiger charge is -2.34. The highest BCUT2D eigenvalue weighted by atomic mass is 19.1. The Morgan fingerprint density at radius 1 is 1.38 bits per heavy atom. The molecular formula is C16H17FN6O. The number of H-pyrrole nitrogens is 1.